The minimum Gasteiger partial charge on any atom is -0.454 e. The van der Waals surface area contributed by atoms with Gasteiger partial charge in [-0.05, 0) is 36.8 Å². The molecule has 0 unspecified atom stereocenters. The van der Waals surface area contributed by atoms with Gasteiger partial charge in [0.05, 0.1) is 29.0 Å². The van der Waals surface area contributed by atoms with Gasteiger partial charge in [0.15, 0.2) is 11.5 Å². The minimum atomic E-state index is -0.153. The molecule has 6 heteroatoms. The molecule has 2 aromatic heterocycles. The highest BCUT2D eigenvalue weighted by Crippen LogP contribution is 2.37. The van der Waals surface area contributed by atoms with Crippen LogP contribution in [0.3, 0.4) is 0 Å². The van der Waals surface area contributed by atoms with Crippen molar-refractivity contribution in [2.45, 2.75) is 13.5 Å². The van der Waals surface area contributed by atoms with E-state index in [1.165, 1.54) is 4.68 Å². The number of aromatic nitrogens is 3. The van der Waals surface area contributed by atoms with Crippen molar-refractivity contribution in [3.8, 4) is 11.5 Å². The van der Waals surface area contributed by atoms with Gasteiger partial charge in [-0.1, -0.05) is 18.2 Å². The van der Waals surface area contributed by atoms with E-state index in [9.17, 15) is 4.79 Å². The molecule has 2 aromatic carbocycles. The van der Waals surface area contributed by atoms with Crippen LogP contribution in [0.2, 0.25) is 0 Å². The van der Waals surface area contributed by atoms with Crippen molar-refractivity contribution in [2.75, 3.05) is 6.79 Å². The lowest BCUT2D eigenvalue weighted by Gasteiger charge is -2.10. The summed E-state index contributed by atoms with van der Waals surface area (Å²) in [7, 11) is 0. The summed E-state index contributed by atoms with van der Waals surface area (Å²) in [5.74, 6) is 1.23. The van der Waals surface area contributed by atoms with Gasteiger partial charge in [-0.2, -0.15) is 5.10 Å². The van der Waals surface area contributed by atoms with E-state index in [0.29, 0.717) is 28.8 Å². The molecule has 128 valence electrons. The Morgan fingerprint density at radius 1 is 1.08 bits per heavy atom. The Kier molecular flexibility index (Phi) is 3.18. The number of hydrogen-bond donors (Lipinski definition) is 0. The highest BCUT2D eigenvalue weighted by molar-refractivity contribution is 5.89. The van der Waals surface area contributed by atoms with Crippen LogP contribution in [0, 0.1) is 6.92 Å². The number of ether oxygens (including phenoxy) is 2. The number of hydrogen-bond acceptors (Lipinski definition) is 5. The van der Waals surface area contributed by atoms with Crippen molar-refractivity contribution in [3.05, 3.63) is 70.3 Å². The van der Waals surface area contributed by atoms with Crippen LogP contribution in [0.4, 0.5) is 0 Å². The van der Waals surface area contributed by atoms with Crippen LogP contribution in [0.15, 0.2) is 53.5 Å². The third-order valence-electron chi connectivity index (χ3n) is 4.62. The Hall–Kier alpha value is -3.41. The van der Waals surface area contributed by atoms with Crippen LogP contribution in [-0.2, 0) is 6.54 Å². The summed E-state index contributed by atoms with van der Waals surface area (Å²) in [5, 5.41) is 6.64. The Labute approximate surface area is 148 Å². The van der Waals surface area contributed by atoms with E-state index in [0.717, 1.165) is 22.2 Å². The molecule has 4 aromatic rings. The highest BCUT2D eigenvalue weighted by atomic mass is 16.7. The molecule has 6 nitrogen and oxygen atoms in total. The summed E-state index contributed by atoms with van der Waals surface area (Å²) in [6, 6.07) is 13.5. The molecule has 0 saturated heterocycles. The number of pyridine rings is 1. The van der Waals surface area contributed by atoms with E-state index >= 15 is 0 Å². The van der Waals surface area contributed by atoms with Crippen molar-refractivity contribution in [1.29, 1.82) is 0 Å². The fourth-order valence-electron chi connectivity index (χ4n) is 3.43. The zero-order valence-corrected chi connectivity index (χ0v) is 14.1. The molecule has 0 aliphatic carbocycles. The second kappa shape index (κ2) is 5.56. The van der Waals surface area contributed by atoms with E-state index in [-0.39, 0.29) is 12.4 Å². The smallest absolute Gasteiger partial charge is 0.275 e. The molecular weight excluding hydrogens is 330 g/mol. The first-order valence-corrected chi connectivity index (χ1v) is 8.34. The topological polar surface area (TPSA) is 66.2 Å². The first kappa shape index (κ1) is 14.9. The molecule has 3 heterocycles. The molecule has 0 N–H and O–H groups in total. The fraction of sp³-hybridized carbons (Fsp3) is 0.150. The Balaban J connectivity index is 1.66. The summed E-state index contributed by atoms with van der Waals surface area (Å²) in [5.41, 5.74) is 2.69. The van der Waals surface area contributed by atoms with E-state index in [4.69, 9.17) is 9.47 Å². The van der Waals surface area contributed by atoms with Gasteiger partial charge in [-0.15, -0.1) is 0 Å². The van der Waals surface area contributed by atoms with Gasteiger partial charge in [-0.25, -0.2) is 4.68 Å². The number of fused-ring (bicyclic) bond motifs is 4. The fourth-order valence-corrected chi connectivity index (χ4v) is 3.43. The molecule has 0 amide bonds. The monoisotopic (exact) mass is 345 g/mol. The van der Waals surface area contributed by atoms with Crippen molar-refractivity contribution in [3.63, 3.8) is 0 Å². The largest absolute Gasteiger partial charge is 0.454 e. The normalized spacial score (nSPS) is 12.8. The van der Waals surface area contributed by atoms with Gasteiger partial charge in [-0.3, -0.25) is 9.78 Å². The predicted molar refractivity (Wildman–Crippen MR) is 97.7 cm³/mol. The van der Waals surface area contributed by atoms with Gasteiger partial charge in [0.1, 0.15) is 0 Å². The van der Waals surface area contributed by atoms with Crippen LogP contribution >= 0.6 is 0 Å². The maximum Gasteiger partial charge on any atom is 0.275 e. The second-order valence-corrected chi connectivity index (χ2v) is 6.31. The van der Waals surface area contributed by atoms with Gasteiger partial charge in [0.25, 0.3) is 5.56 Å². The van der Waals surface area contributed by atoms with Gasteiger partial charge in [0.2, 0.25) is 6.79 Å². The van der Waals surface area contributed by atoms with Crippen molar-refractivity contribution >= 4 is 21.7 Å². The molecule has 1 aliphatic heterocycles. The maximum absolute atomic E-state index is 12.9. The van der Waals surface area contributed by atoms with Crippen LogP contribution in [0.25, 0.3) is 21.7 Å². The zero-order chi connectivity index (χ0) is 17.7. The molecule has 5 rings (SSSR count). The Bertz CT molecular complexity index is 1230. The number of nitrogens with zero attached hydrogens (tertiary/aromatic N) is 3. The van der Waals surface area contributed by atoms with Crippen LogP contribution in [-0.4, -0.2) is 21.6 Å². The zero-order valence-electron chi connectivity index (χ0n) is 14.1. The average molecular weight is 345 g/mol. The molecule has 0 saturated carbocycles. The van der Waals surface area contributed by atoms with E-state index in [1.807, 2.05) is 37.3 Å². The molecule has 1 aliphatic rings. The summed E-state index contributed by atoms with van der Waals surface area (Å²) < 4.78 is 12.3. The van der Waals surface area contributed by atoms with Crippen molar-refractivity contribution < 1.29 is 9.47 Å². The molecule has 0 atom stereocenters. The molecule has 0 bridgehead atoms. The number of benzene rings is 2. The molecule has 26 heavy (non-hydrogen) atoms. The third kappa shape index (κ3) is 2.23. The number of aryl methyl sites for hydroxylation is 1. The van der Waals surface area contributed by atoms with Crippen molar-refractivity contribution in [2.24, 2.45) is 0 Å². The first-order valence-electron chi connectivity index (χ1n) is 8.34. The Morgan fingerprint density at radius 2 is 1.96 bits per heavy atom. The standard InChI is InChI=1S/C20H15N3O3/c1-12-8-13(14-4-2-3-5-17(14)22-12)10-23-20(24)15-6-7-18-19(26-11-25-18)16(15)9-21-23/h2-9H,10-11H2,1H3. The van der Waals surface area contributed by atoms with Gasteiger partial charge in [0, 0.05) is 11.1 Å². The average Bonchev–Trinajstić information content (AvgIpc) is 3.13. The maximum atomic E-state index is 12.9. The lowest BCUT2D eigenvalue weighted by atomic mass is 10.1. The lowest BCUT2D eigenvalue weighted by molar-refractivity contribution is 0.175. The lowest BCUT2D eigenvalue weighted by Crippen LogP contribution is -2.23. The molecule has 0 radical (unpaired) electrons. The van der Waals surface area contributed by atoms with Gasteiger partial charge < -0.3 is 9.47 Å². The molecule has 0 spiro atoms. The number of para-hydroxylation sites is 1. The van der Waals surface area contributed by atoms with Crippen LogP contribution in [0.5, 0.6) is 11.5 Å². The van der Waals surface area contributed by atoms with Crippen LogP contribution in [0.1, 0.15) is 11.3 Å². The predicted octanol–water partition coefficient (Wildman–Crippen LogP) is 3.03. The Morgan fingerprint density at radius 3 is 2.88 bits per heavy atom. The van der Waals surface area contributed by atoms with E-state index in [2.05, 4.69) is 10.1 Å². The summed E-state index contributed by atoms with van der Waals surface area (Å²) in [6.45, 7) is 2.50. The third-order valence-corrected chi connectivity index (χ3v) is 4.62. The quantitative estimate of drug-likeness (QED) is 0.559. The SMILES string of the molecule is Cc1cc(Cn2ncc3c4c(ccc3c2=O)OCO4)c2ccccc2n1. The summed E-state index contributed by atoms with van der Waals surface area (Å²) >= 11 is 0. The highest BCUT2D eigenvalue weighted by Gasteiger charge is 2.19. The second-order valence-electron chi connectivity index (χ2n) is 6.31. The van der Waals surface area contributed by atoms with E-state index in [1.54, 1.807) is 18.3 Å². The minimum absolute atomic E-state index is 0.153. The van der Waals surface area contributed by atoms with Gasteiger partial charge >= 0.3 is 0 Å². The van der Waals surface area contributed by atoms with E-state index < -0.39 is 0 Å². The number of rotatable bonds is 2. The summed E-state index contributed by atoms with van der Waals surface area (Å²) in [6.07, 6.45) is 1.67. The summed E-state index contributed by atoms with van der Waals surface area (Å²) in [4.78, 5) is 17.5. The first-order chi connectivity index (χ1) is 12.7. The van der Waals surface area contributed by atoms with Crippen molar-refractivity contribution in [1.82, 2.24) is 14.8 Å². The molecule has 0 fully saturated rings. The van der Waals surface area contributed by atoms with Crippen LogP contribution < -0.4 is 15.0 Å². The molecular formula is C20H15N3O3.